The molecule has 0 radical (unpaired) electrons. The second-order valence-electron chi connectivity index (χ2n) is 4.11. The topological polar surface area (TPSA) is 25.8 Å². The normalized spacial score (nSPS) is 11.1. The molecular formula is C14H10Cl2N2S. The predicted molar refractivity (Wildman–Crippen MR) is 82.2 cm³/mol. The Kier molecular flexibility index (Phi) is 3.44. The van der Waals surface area contributed by atoms with E-state index in [1.165, 1.54) is 16.9 Å². The van der Waals surface area contributed by atoms with Crippen LogP contribution in [0, 0.1) is 0 Å². The van der Waals surface area contributed by atoms with Gasteiger partial charge in [0.1, 0.15) is 5.15 Å². The first-order valence-corrected chi connectivity index (χ1v) is 7.47. The highest BCUT2D eigenvalue weighted by Crippen LogP contribution is 2.32. The molecule has 1 aromatic carbocycles. The second-order valence-corrected chi connectivity index (χ2v) is 6.18. The lowest BCUT2D eigenvalue weighted by molar-refractivity contribution is 1.13. The van der Waals surface area contributed by atoms with E-state index in [1.54, 1.807) is 0 Å². The molecule has 0 fully saturated rings. The highest BCUT2D eigenvalue weighted by atomic mass is 35.5. The molecule has 0 spiro atoms. The SMILES string of the molecule is CCc1cccc2c(Cl)nc(-c3ccc(Cl)s3)nc12. The number of halogens is 2. The average Bonchev–Trinajstić information content (AvgIpc) is 2.85. The van der Waals surface area contributed by atoms with Crippen molar-refractivity contribution in [2.45, 2.75) is 13.3 Å². The lowest BCUT2D eigenvalue weighted by Crippen LogP contribution is -1.93. The molecule has 96 valence electrons. The van der Waals surface area contributed by atoms with Gasteiger partial charge in [-0.15, -0.1) is 11.3 Å². The van der Waals surface area contributed by atoms with Crippen LogP contribution in [0.25, 0.3) is 21.6 Å². The molecular weight excluding hydrogens is 299 g/mol. The van der Waals surface area contributed by atoms with Crippen molar-refractivity contribution >= 4 is 45.4 Å². The van der Waals surface area contributed by atoms with Crippen LogP contribution < -0.4 is 0 Å². The molecule has 0 atom stereocenters. The quantitative estimate of drug-likeness (QED) is 0.606. The summed E-state index contributed by atoms with van der Waals surface area (Å²) < 4.78 is 0.721. The van der Waals surface area contributed by atoms with E-state index in [4.69, 9.17) is 23.2 Å². The van der Waals surface area contributed by atoms with Crippen LogP contribution >= 0.6 is 34.5 Å². The standard InChI is InChI=1S/C14H10Cl2N2S/c1-2-8-4-3-5-9-12(8)17-14(18-13(9)16)10-6-7-11(15)19-10/h3-7H,2H2,1H3. The van der Waals surface area contributed by atoms with E-state index < -0.39 is 0 Å². The van der Waals surface area contributed by atoms with Crippen LogP contribution in [0.3, 0.4) is 0 Å². The summed E-state index contributed by atoms with van der Waals surface area (Å²) in [5.41, 5.74) is 2.09. The fourth-order valence-electron chi connectivity index (χ4n) is 2.00. The van der Waals surface area contributed by atoms with Gasteiger partial charge in [-0.1, -0.05) is 42.3 Å². The summed E-state index contributed by atoms with van der Waals surface area (Å²) in [6, 6.07) is 9.75. The van der Waals surface area contributed by atoms with Gasteiger partial charge < -0.3 is 0 Å². The molecule has 0 aliphatic carbocycles. The van der Waals surface area contributed by atoms with Crippen LogP contribution in [0.5, 0.6) is 0 Å². The zero-order valence-corrected chi connectivity index (χ0v) is 12.5. The number of hydrogen-bond acceptors (Lipinski definition) is 3. The molecule has 0 amide bonds. The molecule has 0 aliphatic heterocycles. The van der Waals surface area contributed by atoms with Gasteiger partial charge in [-0.05, 0) is 30.2 Å². The molecule has 5 heteroatoms. The summed E-state index contributed by atoms with van der Waals surface area (Å²) in [6.07, 6.45) is 0.912. The first-order chi connectivity index (χ1) is 9.19. The van der Waals surface area contributed by atoms with Crippen LogP contribution in [-0.4, -0.2) is 9.97 Å². The van der Waals surface area contributed by atoms with E-state index in [-0.39, 0.29) is 0 Å². The highest BCUT2D eigenvalue weighted by Gasteiger charge is 2.11. The first kappa shape index (κ1) is 12.9. The number of thiophene rings is 1. The van der Waals surface area contributed by atoms with Crippen molar-refractivity contribution in [2.24, 2.45) is 0 Å². The Balaban J connectivity index is 2.28. The van der Waals surface area contributed by atoms with Crippen molar-refractivity contribution in [2.75, 3.05) is 0 Å². The monoisotopic (exact) mass is 308 g/mol. The third-order valence-electron chi connectivity index (χ3n) is 2.94. The largest absolute Gasteiger partial charge is 0.227 e. The van der Waals surface area contributed by atoms with E-state index in [1.807, 2.05) is 24.3 Å². The predicted octanol–water partition coefficient (Wildman–Crippen LogP) is 5.23. The Labute approximate surface area is 125 Å². The van der Waals surface area contributed by atoms with Crippen molar-refractivity contribution in [3.8, 4) is 10.7 Å². The Morgan fingerprint density at radius 2 is 1.95 bits per heavy atom. The van der Waals surface area contributed by atoms with Gasteiger partial charge >= 0.3 is 0 Å². The lowest BCUT2D eigenvalue weighted by atomic mass is 10.1. The van der Waals surface area contributed by atoms with Crippen LogP contribution in [-0.2, 0) is 6.42 Å². The Morgan fingerprint density at radius 3 is 2.63 bits per heavy atom. The fourth-order valence-corrected chi connectivity index (χ4v) is 3.21. The summed E-state index contributed by atoms with van der Waals surface area (Å²) >= 11 is 13.7. The lowest BCUT2D eigenvalue weighted by Gasteiger charge is -2.06. The maximum atomic E-state index is 6.27. The number of aromatic nitrogens is 2. The molecule has 0 unspecified atom stereocenters. The van der Waals surface area contributed by atoms with Crippen LogP contribution in [0.1, 0.15) is 12.5 Å². The molecule has 0 bridgehead atoms. The molecule has 3 aromatic rings. The van der Waals surface area contributed by atoms with Crippen molar-refractivity contribution < 1.29 is 0 Å². The molecule has 0 aliphatic rings. The summed E-state index contributed by atoms with van der Waals surface area (Å²) in [5, 5.41) is 1.38. The number of benzene rings is 1. The van der Waals surface area contributed by atoms with E-state index in [0.717, 1.165) is 26.5 Å². The van der Waals surface area contributed by atoms with Gasteiger partial charge in [0, 0.05) is 5.39 Å². The maximum Gasteiger partial charge on any atom is 0.171 e. The molecule has 2 aromatic heterocycles. The van der Waals surface area contributed by atoms with E-state index in [0.29, 0.717) is 11.0 Å². The first-order valence-electron chi connectivity index (χ1n) is 5.90. The Hall–Kier alpha value is -1.16. The minimum absolute atomic E-state index is 0.486. The van der Waals surface area contributed by atoms with Crippen LogP contribution in [0.2, 0.25) is 9.49 Å². The van der Waals surface area contributed by atoms with Crippen molar-refractivity contribution in [3.63, 3.8) is 0 Å². The smallest absolute Gasteiger partial charge is 0.171 e. The van der Waals surface area contributed by atoms with Gasteiger partial charge in [-0.3, -0.25) is 0 Å². The van der Waals surface area contributed by atoms with Crippen LogP contribution in [0.15, 0.2) is 30.3 Å². The fraction of sp³-hybridized carbons (Fsp3) is 0.143. The molecule has 2 nitrogen and oxygen atoms in total. The van der Waals surface area contributed by atoms with Gasteiger partial charge in [0.25, 0.3) is 0 Å². The minimum atomic E-state index is 0.486. The number of fused-ring (bicyclic) bond motifs is 1. The number of rotatable bonds is 2. The van der Waals surface area contributed by atoms with E-state index in [9.17, 15) is 0 Å². The third kappa shape index (κ3) is 2.34. The van der Waals surface area contributed by atoms with Gasteiger partial charge in [0.15, 0.2) is 5.82 Å². The van der Waals surface area contributed by atoms with Gasteiger partial charge in [0.05, 0.1) is 14.7 Å². The number of para-hydroxylation sites is 1. The zero-order chi connectivity index (χ0) is 13.4. The number of nitrogens with zero attached hydrogens (tertiary/aromatic N) is 2. The molecule has 2 heterocycles. The van der Waals surface area contributed by atoms with Crippen LogP contribution in [0.4, 0.5) is 0 Å². The molecule has 3 rings (SSSR count). The zero-order valence-electron chi connectivity index (χ0n) is 10.2. The summed E-state index contributed by atoms with van der Waals surface area (Å²) in [5.74, 6) is 0.635. The van der Waals surface area contributed by atoms with Crippen molar-refractivity contribution in [1.29, 1.82) is 0 Å². The summed E-state index contributed by atoms with van der Waals surface area (Å²) in [6.45, 7) is 2.10. The molecule has 0 saturated heterocycles. The third-order valence-corrected chi connectivity index (χ3v) is 4.45. The van der Waals surface area contributed by atoms with Crippen molar-refractivity contribution in [3.05, 3.63) is 45.4 Å². The average molecular weight is 309 g/mol. The van der Waals surface area contributed by atoms with Gasteiger partial charge in [-0.25, -0.2) is 9.97 Å². The Bertz CT molecular complexity index is 752. The van der Waals surface area contributed by atoms with Crippen molar-refractivity contribution in [1.82, 2.24) is 9.97 Å². The second kappa shape index (κ2) is 5.08. The Morgan fingerprint density at radius 1 is 1.11 bits per heavy atom. The molecule has 0 saturated carbocycles. The molecule has 0 N–H and O–H groups in total. The highest BCUT2D eigenvalue weighted by molar-refractivity contribution is 7.19. The minimum Gasteiger partial charge on any atom is -0.227 e. The molecule has 19 heavy (non-hydrogen) atoms. The summed E-state index contributed by atoms with van der Waals surface area (Å²) in [4.78, 5) is 9.94. The number of aryl methyl sites for hydroxylation is 1. The summed E-state index contributed by atoms with van der Waals surface area (Å²) in [7, 11) is 0. The van der Waals surface area contributed by atoms with Gasteiger partial charge in [-0.2, -0.15) is 0 Å². The van der Waals surface area contributed by atoms with E-state index in [2.05, 4.69) is 23.0 Å². The van der Waals surface area contributed by atoms with Gasteiger partial charge in [0.2, 0.25) is 0 Å². The maximum absolute atomic E-state index is 6.27. The number of hydrogen-bond donors (Lipinski definition) is 0. The van der Waals surface area contributed by atoms with E-state index >= 15 is 0 Å².